The zero-order valence-electron chi connectivity index (χ0n) is 8.85. The average Bonchev–Trinajstić information content (AvgIpc) is 2.25. The van der Waals surface area contributed by atoms with Crippen LogP contribution < -0.4 is 11.1 Å². The molecule has 15 heavy (non-hydrogen) atoms. The van der Waals surface area contributed by atoms with E-state index in [1.165, 1.54) is 0 Å². The lowest BCUT2D eigenvalue weighted by atomic mass is 10.1. The summed E-state index contributed by atoms with van der Waals surface area (Å²) in [6.45, 7) is 2.82. The van der Waals surface area contributed by atoms with Crippen LogP contribution in [0.1, 0.15) is 13.3 Å². The summed E-state index contributed by atoms with van der Waals surface area (Å²) in [6.07, 6.45) is 10.3. The number of rotatable bonds is 4. The molecule has 1 unspecified atom stereocenters. The largest absolute Gasteiger partial charge is 0.405 e. The van der Waals surface area contributed by atoms with Gasteiger partial charge in [0, 0.05) is 30.5 Å². The van der Waals surface area contributed by atoms with E-state index < -0.39 is 0 Å². The highest BCUT2D eigenvalue weighted by atomic mass is 32.1. The minimum Gasteiger partial charge on any atom is -0.405 e. The van der Waals surface area contributed by atoms with E-state index >= 15 is 0 Å². The van der Waals surface area contributed by atoms with E-state index in [0.717, 1.165) is 24.3 Å². The third-order valence-electron chi connectivity index (χ3n) is 1.91. The van der Waals surface area contributed by atoms with Gasteiger partial charge in [0.25, 0.3) is 0 Å². The first kappa shape index (κ1) is 11.9. The number of aliphatic imine (C=N–C) groups is 1. The van der Waals surface area contributed by atoms with Crippen molar-refractivity contribution in [1.82, 2.24) is 5.32 Å². The lowest BCUT2D eigenvalue weighted by Crippen LogP contribution is -2.14. The van der Waals surface area contributed by atoms with Gasteiger partial charge in [-0.2, -0.15) is 12.6 Å². The average molecular weight is 223 g/mol. The SMILES string of the molecule is CC(S)/N=C(\C/C=C\N)C1=CNCC=C1. The van der Waals surface area contributed by atoms with E-state index in [4.69, 9.17) is 5.73 Å². The van der Waals surface area contributed by atoms with E-state index in [-0.39, 0.29) is 5.37 Å². The van der Waals surface area contributed by atoms with E-state index in [9.17, 15) is 0 Å². The molecule has 3 N–H and O–H groups in total. The van der Waals surface area contributed by atoms with Crippen molar-refractivity contribution in [2.45, 2.75) is 18.7 Å². The molecule has 0 radical (unpaired) electrons. The van der Waals surface area contributed by atoms with Gasteiger partial charge in [0.2, 0.25) is 0 Å². The molecule has 0 aromatic carbocycles. The predicted molar refractivity (Wildman–Crippen MR) is 69.1 cm³/mol. The highest BCUT2D eigenvalue weighted by molar-refractivity contribution is 7.80. The van der Waals surface area contributed by atoms with Gasteiger partial charge < -0.3 is 11.1 Å². The van der Waals surface area contributed by atoms with Crippen LogP contribution in [0, 0.1) is 0 Å². The Morgan fingerprint density at radius 3 is 3.13 bits per heavy atom. The second kappa shape index (κ2) is 6.35. The first-order valence-corrected chi connectivity index (χ1v) is 5.47. The summed E-state index contributed by atoms with van der Waals surface area (Å²) >= 11 is 4.26. The van der Waals surface area contributed by atoms with Gasteiger partial charge in [-0.05, 0) is 13.1 Å². The van der Waals surface area contributed by atoms with Gasteiger partial charge in [0.1, 0.15) is 0 Å². The van der Waals surface area contributed by atoms with Crippen molar-refractivity contribution in [3.63, 3.8) is 0 Å². The third kappa shape index (κ3) is 4.25. The van der Waals surface area contributed by atoms with E-state index in [2.05, 4.69) is 35.1 Å². The minimum atomic E-state index is 0.00222. The summed E-state index contributed by atoms with van der Waals surface area (Å²) in [7, 11) is 0. The molecule has 0 amide bonds. The zero-order chi connectivity index (χ0) is 11.1. The molecular weight excluding hydrogens is 206 g/mol. The van der Waals surface area contributed by atoms with Crippen molar-refractivity contribution >= 4 is 18.3 Å². The molecule has 0 saturated carbocycles. The number of nitrogens with zero attached hydrogens (tertiary/aromatic N) is 1. The smallest absolute Gasteiger partial charge is 0.0898 e. The zero-order valence-corrected chi connectivity index (χ0v) is 9.74. The molecule has 0 saturated heterocycles. The second-order valence-electron chi connectivity index (χ2n) is 3.25. The Labute approximate surface area is 96.3 Å². The summed E-state index contributed by atoms with van der Waals surface area (Å²) in [4.78, 5) is 4.45. The fraction of sp³-hybridized carbons (Fsp3) is 0.364. The van der Waals surface area contributed by atoms with Crippen LogP contribution in [0.5, 0.6) is 0 Å². The minimum absolute atomic E-state index is 0.00222. The van der Waals surface area contributed by atoms with Crippen molar-refractivity contribution < 1.29 is 0 Å². The van der Waals surface area contributed by atoms with Crippen molar-refractivity contribution in [1.29, 1.82) is 0 Å². The van der Waals surface area contributed by atoms with Gasteiger partial charge in [-0.1, -0.05) is 18.2 Å². The molecule has 0 aromatic rings. The van der Waals surface area contributed by atoms with E-state index in [0.29, 0.717) is 0 Å². The summed E-state index contributed by atoms with van der Waals surface area (Å²) in [5.74, 6) is 0. The summed E-state index contributed by atoms with van der Waals surface area (Å²) < 4.78 is 0. The quantitative estimate of drug-likeness (QED) is 0.501. The van der Waals surface area contributed by atoms with Gasteiger partial charge in [-0.15, -0.1) is 0 Å². The van der Waals surface area contributed by atoms with Crippen LogP contribution in [0.25, 0.3) is 0 Å². The molecule has 0 fully saturated rings. The highest BCUT2D eigenvalue weighted by Gasteiger charge is 2.05. The molecule has 1 aliphatic rings. The van der Waals surface area contributed by atoms with Crippen molar-refractivity contribution in [2.24, 2.45) is 10.7 Å². The molecule has 0 aromatic heterocycles. The van der Waals surface area contributed by atoms with Crippen molar-refractivity contribution in [3.05, 3.63) is 36.2 Å². The van der Waals surface area contributed by atoms with E-state index in [1.54, 1.807) is 6.20 Å². The predicted octanol–water partition coefficient (Wildman–Crippen LogP) is 1.61. The number of nitrogens with one attached hydrogen (secondary N) is 1. The summed E-state index contributed by atoms with van der Waals surface area (Å²) in [6, 6.07) is 0. The Morgan fingerprint density at radius 2 is 2.60 bits per heavy atom. The maximum absolute atomic E-state index is 5.33. The summed E-state index contributed by atoms with van der Waals surface area (Å²) in [5, 5.41) is 3.16. The van der Waals surface area contributed by atoms with Gasteiger partial charge in [0.05, 0.1) is 5.37 Å². The first-order chi connectivity index (χ1) is 7.24. The molecular formula is C11H17N3S. The van der Waals surface area contributed by atoms with Crippen LogP contribution in [0.15, 0.2) is 41.2 Å². The number of nitrogens with two attached hydrogens (primary N) is 1. The van der Waals surface area contributed by atoms with Crippen LogP contribution >= 0.6 is 12.6 Å². The van der Waals surface area contributed by atoms with Crippen LogP contribution in [-0.4, -0.2) is 17.6 Å². The number of dihydropyridines is 1. The van der Waals surface area contributed by atoms with Gasteiger partial charge in [0.15, 0.2) is 0 Å². The Balaban J connectivity index is 2.80. The normalized spacial score (nSPS) is 18.8. The molecule has 4 heteroatoms. The van der Waals surface area contributed by atoms with Gasteiger partial charge in [-0.25, -0.2) is 0 Å². The Bertz CT molecular complexity index is 314. The fourth-order valence-electron chi connectivity index (χ4n) is 1.30. The Hall–Kier alpha value is -1.16. The van der Waals surface area contributed by atoms with Crippen molar-refractivity contribution in [2.75, 3.05) is 6.54 Å². The monoisotopic (exact) mass is 223 g/mol. The van der Waals surface area contributed by atoms with E-state index in [1.807, 2.05) is 19.2 Å². The topological polar surface area (TPSA) is 50.4 Å². The molecule has 1 rings (SSSR count). The van der Waals surface area contributed by atoms with Crippen molar-refractivity contribution in [3.8, 4) is 0 Å². The lowest BCUT2D eigenvalue weighted by Gasteiger charge is -2.11. The van der Waals surface area contributed by atoms with Crippen LogP contribution in [0.2, 0.25) is 0 Å². The lowest BCUT2D eigenvalue weighted by molar-refractivity contribution is 0.960. The number of hydrogen-bond acceptors (Lipinski definition) is 4. The van der Waals surface area contributed by atoms with Crippen LogP contribution in [-0.2, 0) is 0 Å². The molecule has 1 aliphatic heterocycles. The molecule has 0 bridgehead atoms. The van der Waals surface area contributed by atoms with Crippen LogP contribution in [0.4, 0.5) is 0 Å². The first-order valence-electron chi connectivity index (χ1n) is 4.96. The third-order valence-corrected chi connectivity index (χ3v) is 2.03. The van der Waals surface area contributed by atoms with Crippen LogP contribution in [0.3, 0.4) is 0 Å². The molecule has 3 nitrogen and oxygen atoms in total. The number of thiol groups is 1. The Morgan fingerprint density at radius 1 is 1.80 bits per heavy atom. The maximum Gasteiger partial charge on any atom is 0.0898 e. The maximum atomic E-state index is 5.33. The van der Waals surface area contributed by atoms with Gasteiger partial charge in [-0.3, -0.25) is 4.99 Å². The molecule has 1 heterocycles. The standard InChI is InChI=1S/C11H17N3S/c1-9(15)14-11(5-2-6-12)10-4-3-7-13-8-10/h2-4,6,8-9,13,15H,5,7,12H2,1H3/b6-2-,14-11+. The fourth-order valence-corrected chi connectivity index (χ4v) is 1.44. The number of hydrogen-bond donors (Lipinski definition) is 3. The molecule has 0 aliphatic carbocycles. The van der Waals surface area contributed by atoms with Gasteiger partial charge >= 0.3 is 0 Å². The highest BCUT2D eigenvalue weighted by Crippen LogP contribution is 2.10. The molecule has 0 spiro atoms. The molecule has 82 valence electrons. The molecule has 1 atom stereocenters. The Kier molecular flexibility index (Phi) is 5.04. The second-order valence-corrected chi connectivity index (χ2v) is 4.00. The number of allylic oxidation sites excluding steroid dienone is 3. The summed E-state index contributed by atoms with van der Waals surface area (Å²) in [5.41, 5.74) is 7.43.